The number of nitrogens with zero attached hydrogens (tertiary/aromatic N) is 3. The summed E-state index contributed by atoms with van der Waals surface area (Å²) < 4.78 is 5.29. The van der Waals surface area contributed by atoms with Gasteiger partial charge in [0.2, 0.25) is 0 Å². The molecule has 7 heteroatoms. The maximum atomic E-state index is 12.7. The fraction of sp³-hybridized carbons (Fsp3) is 0.722. The molecule has 2 aliphatic heterocycles. The molecule has 1 atom stereocenters. The lowest BCUT2D eigenvalue weighted by atomic mass is 10.00. The summed E-state index contributed by atoms with van der Waals surface area (Å²) in [7, 11) is 0. The van der Waals surface area contributed by atoms with E-state index >= 15 is 0 Å². The van der Waals surface area contributed by atoms with Crippen molar-refractivity contribution >= 4 is 23.3 Å². The summed E-state index contributed by atoms with van der Waals surface area (Å²) in [5, 5.41) is 0.925. The minimum absolute atomic E-state index is 0.0769. The molecule has 0 aromatic carbocycles. The quantitative estimate of drug-likeness (QED) is 0.802. The van der Waals surface area contributed by atoms with Crippen LogP contribution in [0.4, 0.5) is 4.79 Å². The van der Waals surface area contributed by atoms with E-state index in [1.807, 2.05) is 23.6 Å². The van der Waals surface area contributed by atoms with Crippen LogP contribution in [0, 0.1) is 13.8 Å². The van der Waals surface area contributed by atoms with Crippen LogP contribution in [0.25, 0.3) is 0 Å². The Hall–Kier alpha value is -1.63. The first-order valence-corrected chi connectivity index (χ1v) is 10.0. The van der Waals surface area contributed by atoms with Crippen molar-refractivity contribution in [2.24, 2.45) is 0 Å². The van der Waals surface area contributed by atoms with Crippen molar-refractivity contribution < 1.29 is 14.3 Å². The summed E-state index contributed by atoms with van der Waals surface area (Å²) in [6, 6.07) is 0.385. The number of carbonyl (C=O) groups excluding carboxylic acids is 2. The van der Waals surface area contributed by atoms with Crippen molar-refractivity contribution in [1.29, 1.82) is 0 Å². The number of aromatic nitrogens is 1. The molecule has 0 N–H and O–H groups in total. The molecule has 138 valence electrons. The molecule has 2 fully saturated rings. The van der Waals surface area contributed by atoms with E-state index in [-0.39, 0.29) is 24.1 Å². The topological polar surface area (TPSA) is 62.7 Å². The lowest BCUT2D eigenvalue weighted by Crippen LogP contribution is -2.49. The highest BCUT2D eigenvalue weighted by Gasteiger charge is 2.39. The van der Waals surface area contributed by atoms with Gasteiger partial charge in [0.05, 0.1) is 16.7 Å². The number of rotatable bonds is 5. The third-order valence-electron chi connectivity index (χ3n) is 5.14. The molecule has 0 aliphatic carbocycles. The number of amides is 2. The lowest BCUT2D eigenvalue weighted by Gasteiger charge is -2.37. The summed E-state index contributed by atoms with van der Waals surface area (Å²) in [6.45, 7) is 7.86. The van der Waals surface area contributed by atoms with E-state index in [9.17, 15) is 9.59 Å². The number of likely N-dealkylation sites (tertiary alicyclic amines) is 1. The Kier molecular flexibility index (Phi) is 5.61. The summed E-state index contributed by atoms with van der Waals surface area (Å²) in [5.74, 6) is 0.0769. The van der Waals surface area contributed by atoms with Gasteiger partial charge < -0.3 is 9.64 Å². The maximum absolute atomic E-state index is 12.7. The van der Waals surface area contributed by atoms with E-state index in [0.717, 1.165) is 47.7 Å². The molecule has 1 aromatic heterocycles. The molecule has 25 heavy (non-hydrogen) atoms. The molecule has 1 unspecified atom stereocenters. The molecule has 0 bridgehead atoms. The second kappa shape index (κ2) is 7.72. The summed E-state index contributed by atoms with van der Waals surface area (Å²) >= 11 is 1.47. The van der Waals surface area contributed by atoms with E-state index in [1.54, 1.807) is 0 Å². The van der Waals surface area contributed by atoms with Gasteiger partial charge in [-0.25, -0.2) is 9.78 Å². The minimum atomic E-state index is -0.181. The SMILES string of the molecule is CCCCC1COC(=O)N1C1CCN(C(=O)c2sc(C)nc2C)CC1. The molecule has 3 rings (SSSR count). The van der Waals surface area contributed by atoms with Crippen LogP contribution in [0.15, 0.2) is 0 Å². The van der Waals surface area contributed by atoms with Crippen LogP contribution in [-0.4, -0.2) is 58.6 Å². The Morgan fingerprint density at radius 1 is 1.32 bits per heavy atom. The summed E-state index contributed by atoms with van der Waals surface area (Å²) in [4.78, 5) is 33.8. The minimum Gasteiger partial charge on any atom is -0.447 e. The molecular weight excluding hydrogens is 338 g/mol. The van der Waals surface area contributed by atoms with Crippen molar-refractivity contribution in [3.8, 4) is 0 Å². The third kappa shape index (κ3) is 3.81. The zero-order valence-electron chi connectivity index (χ0n) is 15.3. The Balaban J connectivity index is 1.60. The number of unbranched alkanes of at least 4 members (excludes halogenated alkanes) is 1. The van der Waals surface area contributed by atoms with Gasteiger partial charge in [-0.1, -0.05) is 19.8 Å². The van der Waals surface area contributed by atoms with Crippen molar-refractivity contribution in [3.05, 3.63) is 15.6 Å². The smallest absolute Gasteiger partial charge is 0.410 e. The van der Waals surface area contributed by atoms with E-state index in [4.69, 9.17) is 4.74 Å². The van der Waals surface area contributed by atoms with Gasteiger partial charge in [0.25, 0.3) is 5.91 Å². The van der Waals surface area contributed by atoms with Gasteiger partial charge in [0.1, 0.15) is 11.5 Å². The van der Waals surface area contributed by atoms with Gasteiger partial charge in [0.15, 0.2) is 0 Å². The third-order valence-corrected chi connectivity index (χ3v) is 6.20. The fourth-order valence-electron chi connectivity index (χ4n) is 3.80. The Morgan fingerprint density at radius 2 is 2.04 bits per heavy atom. The van der Waals surface area contributed by atoms with E-state index in [0.29, 0.717) is 19.7 Å². The number of aryl methyl sites for hydroxylation is 2. The van der Waals surface area contributed by atoms with E-state index in [2.05, 4.69) is 11.9 Å². The van der Waals surface area contributed by atoms with Gasteiger partial charge in [-0.15, -0.1) is 11.3 Å². The highest BCUT2D eigenvalue weighted by Crippen LogP contribution is 2.28. The lowest BCUT2D eigenvalue weighted by molar-refractivity contribution is 0.0637. The first-order valence-electron chi connectivity index (χ1n) is 9.19. The van der Waals surface area contributed by atoms with E-state index < -0.39 is 0 Å². The molecule has 2 aliphatic rings. The molecule has 6 nitrogen and oxygen atoms in total. The maximum Gasteiger partial charge on any atom is 0.410 e. The number of hydrogen-bond acceptors (Lipinski definition) is 5. The average Bonchev–Trinajstić information content (AvgIpc) is 3.14. The molecule has 3 heterocycles. The number of thiazole rings is 1. The summed E-state index contributed by atoms with van der Waals surface area (Å²) in [6.07, 6.45) is 4.69. The predicted molar refractivity (Wildman–Crippen MR) is 97.0 cm³/mol. The van der Waals surface area contributed by atoms with Crippen LogP contribution < -0.4 is 0 Å². The van der Waals surface area contributed by atoms with Crippen LogP contribution in [-0.2, 0) is 4.74 Å². The van der Waals surface area contributed by atoms with Gasteiger partial charge >= 0.3 is 6.09 Å². The second-order valence-electron chi connectivity index (χ2n) is 6.95. The molecule has 0 saturated carbocycles. The number of carbonyl (C=O) groups is 2. The van der Waals surface area contributed by atoms with Crippen LogP contribution in [0.3, 0.4) is 0 Å². The van der Waals surface area contributed by atoms with Crippen molar-refractivity contribution in [3.63, 3.8) is 0 Å². The number of cyclic esters (lactones) is 1. The van der Waals surface area contributed by atoms with Crippen molar-refractivity contribution in [2.75, 3.05) is 19.7 Å². The first-order chi connectivity index (χ1) is 12.0. The molecule has 1 aromatic rings. The van der Waals surface area contributed by atoms with Crippen LogP contribution in [0.5, 0.6) is 0 Å². The van der Waals surface area contributed by atoms with Gasteiger partial charge in [-0.2, -0.15) is 0 Å². The monoisotopic (exact) mass is 365 g/mol. The Labute approximate surface area is 153 Å². The zero-order valence-corrected chi connectivity index (χ0v) is 16.1. The van der Waals surface area contributed by atoms with Gasteiger partial charge in [0, 0.05) is 19.1 Å². The highest BCUT2D eigenvalue weighted by molar-refractivity contribution is 7.13. The molecule has 2 saturated heterocycles. The van der Waals surface area contributed by atoms with Crippen molar-refractivity contribution in [1.82, 2.24) is 14.8 Å². The van der Waals surface area contributed by atoms with E-state index in [1.165, 1.54) is 11.3 Å². The fourth-order valence-corrected chi connectivity index (χ4v) is 4.69. The summed E-state index contributed by atoms with van der Waals surface area (Å²) in [5.41, 5.74) is 0.817. The van der Waals surface area contributed by atoms with Crippen molar-refractivity contribution in [2.45, 2.75) is 65.0 Å². The number of ether oxygens (including phenoxy) is 1. The first kappa shape index (κ1) is 18.2. The van der Waals surface area contributed by atoms with Crippen LogP contribution in [0.2, 0.25) is 0 Å². The highest BCUT2D eigenvalue weighted by atomic mass is 32.1. The van der Waals surface area contributed by atoms with Crippen LogP contribution in [0.1, 0.15) is 59.4 Å². The largest absolute Gasteiger partial charge is 0.447 e. The Morgan fingerprint density at radius 3 is 2.64 bits per heavy atom. The normalized spacial score (nSPS) is 21.7. The molecular formula is C18H27N3O3S. The predicted octanol–water partition coefficient (Wildman–Crippen LogP) is 3.38. The number of hydrogen-bond donors (Lipinski definition) is 0. The van der Waals surface area contributed by atoms with Gasteiger partial charge in [-0.05, 0) is 33.1 Å². The van der Waals surface area contributed by atoms with Gasteiger partial charge in [-0.3, -0.25) is 9.69 Å². The molecule has 0 spiro atoms. The molecule has 0 radical (unpaired) electrons. The zero-order chi connectivity index (χ0) is 18.0. The standard InChI is InChI=1S/C18H27N3O3S/c1-4-5-6-15-11-24-18(23)21(15)14-7-9-20(10-8-14)17(22)16-12(2)19-13(3)25-16/h14-15H,4-11H2,1-3H3. The second-order valence-corrected chi connectivity index (χ2v) is 8.15. The van der Waals surface area contributed by atoms with Crippen LogP contribution >= 0.6 is 11.3 Å². The number of piperidine rings is 1. The average molecular weight is 365 g/mol. The molecule has 2 amide bonds. The Bertz CT molecular complexity index is 638.